The van der Waals surface area contributed by atoms with E-state index in [-0.39, 0.29) is 6.17 Å². The highest BCUT2D eigenvalue weighted by atomic mass is 32.1. The fraction of sp³-hybridized carbons (Fsp3) is 0.0370. The first kappa shape index (κ1) is 36.2. The molecule has 1 aliphatic carbocycles. The number of allylic oxidation sites excluding steroid dienone is 1. The summed E-state index contributed by atoms with van der Waals surface area (Å²) >= 11 is 1.82. The standard InChI is InChI=1S/C54H38N3OPS/c58-59(40-22-9-3-10-23-40,41-24-11-4-12-25-41)42-26-15-21-38(33-42)48-34-39(35-50-51(48)47-27-13-14-30-49(47)60-50)43-31-32-46(45-29-16-28-44(43)45)54-56-52(36-17-5-1-6-18-36)55-53(57-54)37-19-7-2-8-20-37/h1-28,30-35,52H,29H2,(H,55,56,57). The Labute approximate surface area is 353 Å². The summed E-state index contributed by atoms with van der Waals surface area (Å²) in [4.78, 5) is 10.3. The third-order valence-electron chi connectivity index (χ3n) is 11.7. The molecule has 0 amide bonds. The molecule has 1 aromatic heterocycles. The van der Waals surface area contributed by atoms with Crippen molar-refractivity contribution in [2.45, 2.75) is 12.6 Å². The molecule has 0 saturated carbocycles. The van der Waals surface area contributed by atoms with Crippen molar-refractivity contribution < 1.29 is 4.57 Å². The number of rotatable bonds is 8. The molecule has 60 heavy (non-hydrogen) atoms. The van der Waals surface area contributed by atoms with E-state index < -0.39 is 7.14 Å². The Hall–Kier alpha value is -6.91. The summed E-state index contributed by atoms with van der Waals surface area (Å²) in [6, 6.07) is 66.8. The lowest BCUT2D eigenvalue weighted by atomic mass is 9.90. The van der Waals surface area contributed by atoms with E-state index in [1.807, 2.05) is 102 Å². The summed E-state index contributed by atoms with van der Waals surface area (Å²) in [7, 11) is -3.20. The lowest BCUT2D eigenvalue weighted by Crippen LogP contribution is -2.34. The van der Waals surface area contributed by atoms with Gasteiger partial charge < -0.3 is 9.88 Å². The van der Waals surface area contributed by atoms with Gasteiger partial charge in [0.2, 0.25) is 0 Å². The second-order valence-corrected chi connectivity index (χ2v) is 19.1. The van der Waals surface area contributed by atoms with Crippen LogP contribution >= 0.6 is 18.5 Å². The first-order chi connectivity index (χ1) is 29.6. The summed E-state index contributed by atoms with van der Waals surface area (Å²) in [6.45, 7) is 0. The van der Waals surface area contributed by atoms with E-state index in [0.29, 0.717) is 5.84 Å². The normalized spacial score (nSPS) is 14.8. The van der Waals surface area contributed by atoms with Crippen LogP contribution in [0, 0.1) is 0 Å². The molecule has 0 spiro atoms. The van der Waals surface area contributed by atoms with Crippen molar-refractivity contribution in [3.63, 3.8) is 0 Å². The predicted molar refractivity (Wildman–Crippen MR) is 254 cm³/mol. The fourth-order valence-electron chi connectivity index (χ4n) is 8.78. The number of nitrogens with zero attached hydrogens (tertiary/aromatic N) is 2. The molecular formula is C54H38N3OPS. The minimum absolute atomic E-state index is 0.272. The van der Waals surface area contributed by atoms with Crippen LogP contribution in [0.3, 0.4) is 0 Å². The van der Waals surface area contributed by atoms with Crippen molar-refractivity contribution in [1.82, 2.24) is 5.32 Å². The molecule has 0 fully saturated rings. The second-order valence-electron chi connectivity index (χ2n) is 15.2. The molecular weight excluding hydrogens is 770 g/mol. The van der Waals surface area contributed by atoms with Gasteiger partial charge in [-0.05, 0) is 69.6 Å². The highest BCUT2D eigenvalue weighted by Gasteiger charge is 2.31. The van der Waals surface area contributed by atoms with Crippen LogP contribution in [0.1, 0.15) is 34.0 Å². The van der Waals surface area contributed by atoms with E-state index in [9.17, 15) is 0 Å². The molecule has 0 saturated heterocycles. The van der Waals surface area contributed by atoms with Gasteiger partial charge in [0.1, 0.15) is 12.0 Å². The van der Waals surface area contributed by atoms with Gasteiger partial charge in [-0.2, -0.15) is 0 Å². The van der Waals surface area contributed by atoms with Gasteiger partial charge in [0.05, 0.1) is 0 Å². The lowest BCUT2D eigenvalue weighted by molar-refractivity contribution is 0.592. The van der Waals surface area contributed by atoms with E-state index >= 15 is 4.57 Å². The minimum atomic E-state index is -3.20. The summed E-state index contributed by atoms with van der Waals surface area (Å²) < 4.78 is 18.0. The predicted octanol–water partition coefficient (Wildman–Crippen LogP) is 12.1. The molecule has 2 aliphatic rings. The number of benzene rings is 8. The maximum absolute atomic E-state index is 15.6. The second kappa shape index (κ2) is 15.0. The van der Waals surface area contributed by atoms with E-state index in [0.717, 1.165) is 61.6 Å². The first-order valence-corrected chi connectivity index (χ1v) is 22.8. The number of nitrogens with one attached hydrogen (secondary N) is 1. The molecule has 286 valence electrons. The van der Waals surface area contributed by atoms with Crippen LogP contribution in [-0.4, -0.2) is 11.7 Å². The van der Waals surface area contributed by atoms with Crippen molar-refractivity contribution >= 4 is 72.3 Å². The SMILES string of the molecule is O=P(c1ccccc1)(c1ccccc1)c1cccc(-c2cc(-c3ccc(C4=NC(c5ccccc5)=NC(c5ccccc5)N4)c4c3C=CC4)cc3sc4ccccc4c23)c1. The molecule has 1 atom stereocenters. The number of amidine groups is 2. The van der Waals surface area contributed by atoms with E-state index in [4.69, 9.17) is 9.98 Å². The number of hydrogen-bond acceptors (Lipinski definition) is 5. The van der Waals surface area contributed by atoms with Gasteiger partial charge in [0.15, 0.2) is 13.0 Å². The Bertz CT molecular complexity index is 3180. The Kier molecular flexibility index (Phi) is 9.07. The fourth-order valence-corrected chi connectivity index (χ4v) is 12.6. The average Bonchev–Trinajstić information content (AvgIpc) is 3.98. The molecule has 4 nitrogen and oxygen atoms in total. The van der Waals surface area contributed by atoms with E-state index in [1.165, 1.54) is 36.9 Å². The van der Waals surface area contributed by atoms with Crippen molar-refractivity contribution in [2.24, 2.45) is 9.98 Å². The largest absolute Gasteiger partial charge is 0.344 e. The molecule has 1 N–H and O–H groups in total. The first-order valence-electron chi connectivity index (χ1n) is 20.3. The number of aliphatic imine (C=N–C) groups is 2. The molecule has 11 rings (SSSR count). The molecule has 0 bridgehead atoms. The topological polar surface area (TPSA) is 53.8 Å². The van der Waals surface area contributed by atoms with Gasteiger partial charge >= 0.3 is 0 Å². The van der Waals surface area contributed by atoms with Gasteiger partial charge in [-0.15, -0.1) is 11.3 Å². The minimum Gasteiger partial charge on any atom is -0.344 e. The van der Waals surface area contributed by atoms with E-state index in [1.54, 1.807) is 0 Å². The molecule has 8 aromatic carbocycles. The molecule has 9 aromatic rings. The smallest absolute Gasteiger partial charge is 0.171 e. The third kappa shape index (κ3) is 6.26. The van der Waals surface area contributed by atoms with Crippen LogP contribution in [0.4, 0.5) is 0 Å². The summed E-state index contributed by atoms with van der Waals surface area (Å²) in [6.07, 6.45) is 5.06. The molecule has 6 heteroatoms. The Morgan fingerprint density at radius 1 is 0.550 bits per heavy atom. The van der Waals surface area contributed by atoms with Crippen molar-refractivity contribution in [2.75, 3.05) is 0 Å². The maximum Gasteiger partial charge on any atom is 0.171 e. The molecule has 1 aliphatic heterocycles. The third-order valence-corrected chi connectivity index (χ3v) is 15.8. The Balaban J connectivity index is 1.07. The van der Waals surface area contributed by atoms with Gasteiger partial charge in [0.25, 0.3) is 0 Å². The lowest BCUT2D eigenvalue weighted by Gasteiger charge is -2.25. The molecule has 1 unspecified atom stereocenters. The van der Waals surface area contributed by atoms with Crippen LogP contribution in [0.25, 0.3) is 48.5 Å². The van der Waals surface area contributed by atoms with Crippen molar-refractivity contribution in [3.8, 4) is 22.3 Å². The van der Waals surface area contributed by atoms with Crippen LogP contribution < -0.4 is 21.2 Å². The van der Waals surface area contributed by atoms with Gasteiger partial charge in [-0.1, -0.05) is 182 Å². The highest BCUT2D eigenvalue weighted by molar-refractivity contribution is 7.85. The summed E-state index contributed by atoms with van der Waals surface area (Å²) in [5.41, 5.74) is 10.1. The average molecular weight is 808 g/mol. The highest BCUT2D eigenvalue weighted by Crippen LogP contribution is 2.47. The van der Waals surface area contributed by atoms with Crippen molar-refractivity contribution in [3.05, 3.63) is 228 Å². The van der Waals surface area contributed by atoms with Crippen LogP contribution in [-0.2, 0) is 11.0 Å². The van der Waals surface area contributed by atoms with E-state index in [2.05, 4.69) is 121 Å². The number of thiophene rings is 1. The quantitative estimate of drug-likeness (QED) is 0.156. The molecule has 2 heterocycles. The summed E-state index contributed by atoms with van der Waals surface area (Å²) in [5, 5.41) is 8.61. The van der Waals surface area contributed by atoms with Crippen molar-refractivity contribution in [1.29, 1.82) is 0 Å². The summed E-state index contributed by atoms with van der Waals surface area (Å²) in [5.74, 6) is 1.54. The zero-order chi connectivity index (χ0) is 40.0. The van der Waals surface area contributed by atoms with Crippen LogP contribution in [0.2, 0.25) is 0 Å². The van der Waals surface area contributed by atoms with Crippen LogP contribution in [0.5, 0.6) is 0 Å². The zero-order valence-corrected chi connectivity index (χ0v) is 34.3. The Morgan fingerprint density at radius 3 is 1.93 bits per heavy atom. The van der Waals surface area contributed by atoms with Gasteiger partial charge in [-0.25, -0.2) is 9.98 Å². The number of fused-ring (bicyclic) bond motifs is 4. The van der Waals surface area contributed by atoms with Gasteiger partial charge in [-0.3, -0.25) is 0 Å². The zero-order valence-electron chi connectivity index (χ0n) is 32.6. The maximum atomic E-state index is 15.6. The monoisotopic (exact) mass is 807 g/mol. The number of hydrogen-bond donors (Lipinski definition) is 1. The molecule has 0 radical (unpaired) electrons. The van der Waals surface area contributed by atoms with Gasteiger partial charge in [0, 0.05) is 47.2 Å². The Morgan fingerprint density at radius 2 is 1.18 bits per heavy atom. The van der Waals surface area contributed by atoms with Crippen LogP contribution in [0.15, 0.2) is 210 Å².